The zero-order valence-electron chi connectivity index (χ0n) is 10.6. The van der Waals surface area contributed by atoms with E-state index in [4.69, 9.17) is 0 Å². The van der Waals surface area contributed by atoms with Crippen LogP contribution in [-0.2, 0) is 6.42 Å². The minimum absolute atomic E-state index is 0.0388. The van der Waals surface area contributed by atoms with Crippen molar-refractivity contribution in [3.05, 3.63) is 41.5 Å². The van der Waals surface area contributed by atoms with E-state index in [1.54, 1.807) is 4.57 Å². The van der Waals surface area contributed by atoms with E-state index < -0.39 is 12.2 Å². The maximum absolute atomic E-state index is 13.0. The maximum atomic E-state index is 13.0. The van der Waals surface area contributed by atoms with E-state index in [9.17, 15) is 19.4 Å². The van der Waals surface area contributed by atoms with E-state index in [-0.39, 0.29) is 11.5 Å². The van der Waals surface area contributed by atoms with Gasteiger partial charge in [-0.05, 0) is 43.5 Å². The minimum Gasteiger partial charge on any atom is -0.476 e. The Morgan fingerprint density at radius 1 is 1.35 bits per heavy atom. The van der Waals surface area contributed by atoms with Crippen molar-refractivity contribution in [2.45, 2.75) is 25.5 Å². The minimum atomic E-state index is -1.11. The number of aromatic carboxylic acids is 1. The van der Waals surface area contributed by atoms with Crippen molar-refractivity contribution in [3.8, 4) is 11.4 Å². The molecule has 0 bridgehead atoms. The molecule has 104 valence electrons. The number of halogens is 1. The highest BCUT2D eigenvalue weighted by molar-refractivity contribution is 5.88. The predicted molar refractivity (Wildman–Crippen MR) is 68.8 cm³/mol. The number of aliphatic hydroxyl groups is 1. The SMILES string of the molecule is O=C(O)c1nc(-c2ccc(F)cc2)n2c1CCCC2O. The van der Waals surface area contributed by atoms with Gasteiger partial charge in [-0.15, -0.1) is 0 Å². The van der Waals surface area contributed by atoms with E-state index in [0.29, 0.717) is 29.9 Å². The van der Waals surface area contributed by atoms with Gasteiger partial charge in [0, 0.05) is 5.56 Å². The van der Waals surface area contributed by atoms with Crippen LogP contribution < -0.4 is 0 Å². The van der Waals surface area contributed by atoms with Gasteiger partial charge in [-0.2, -0.15) is 0 Å². The third-order valence-electron chi connectivity index (χ3n) is 3.49. The summed E-state index contributed by atoms with van der Waals surface area (Å²) in [6.45, 7) is 0. The van der Waals surface area contributed by atoms with Crippen LogP contribution in [0.1, 0.15) is 35.3 Å². The molecule has 0 saturated carbocycles. The van der Waals surface area contributed by atoms with Gasteiger partial charge in [-0.3, -0.25) is 0 Å². The van der Waals surface area contributed by atoms with Crippen molar-refractivity contribution in [3.63, 3.8) is 0 Å². The first-order valence-corrected chi connectivity index (χ1v) is 6.36. The summed E-state index contributed by atoms with van der Waals surface area (Å²) in [4.78, 5) is 15.4. The number of fused-ring (bicyclic) bond motifs is 1. The van der Waals surface area contributed by atoms with Crippen LogP contribution >= 0.6 is 0 Å². The Bertz CT molecular complexity index is 664. The normalized spacial score (nSPS) is 17.8. The molecule has 2 N–H and O–H groups in total. The zero-order valence-corrected chi connectivity index (χ0v) is 10.6. The van der Waals surface area contributed by atoms with Crippen molar-refractivity contribution in [2.24, 2.45) is 0 Å². The second kappa shape index (κ2) is 4.72. The second-order valence-corrected chi connectivity index (χ2v) is 4.79. The topological polar surface area (TPSA) is 75.3 Å². The molecule has 3 rings (SSSR count). The molecule has 20 heavy (non-hydrogen) atoms. The average Bonchev–Trinajstić information content (AvgIpc) is 2.81. The van der Waals surface area contributed by atoms with Crippen molar-refractivity contribution in [1.29, 1.82) is 0 Å². The van der Waals surface area contributed by atoms with Crippen LogP contribution in [-0.4, -0.2) is 25.7 Å². The molecule has 2 aromatic rings. The highest BCUT2D eigenvalue weighted by atomic mass is 19.1. The molecule has 0 radical (unpaired) electrons. The quantitative estimate of drug-likeness (QED) is 0.881. The third-order valence-corrected chi connectivity index (χ3v) is 3.49. The van der Waals surface area contributed by atoms with Gasteiger partial charge in [0.2, 0.25) is 0 Å². The number of benzene rings is 1. The molecule has 1 aromatic carbocycles. The lowest BCUT2D eigenvalue weighted by atomic mass is 10.1. The molecule has 1 atom stereocenters. The summed E-state index contributed by atoms with van der Waals surface area (Å²) in [5, 5.41) is 19.3. The molecule has 1 aliphatic heterocycles. The Balaban J connectivity index is 2.20. The van der Waals surface area contributed by atoms with Crippen LogP contribution in [0.15, 0.2) is 24.3 Å². The number of carboxylic acid groups (broad SMARTS) is 1. The molecule has 5 nitrogen and oxygen atoms in total. The van der Waals surface area contributed by atoms with E-state index >= 15 is 0 Å². The van der Waals surface area contributed by atoms with E-state index in [2.05, 4.69) is 4.98 Å². The monoisotopic (exact) mass is 276 g/mol. The fraction of sp³-hybridized carbons (Fsp3) is 0.286. The summed E-state index contributed by atoms with van der Waals surface area (Å²) in [5.74, 6) is -1.13. The summed E-state index contributed by atoms with van der Waals surface area (Å²) < 4.78 is 14.5. The number of hydrogen-bond acceptors (Lipinski definition) is 3. The van der Waals surface area contributed by atoms with Crippen molar-refractivity contribution in [2.75, 3.05) is 0 Å². The smallest absolute Gasteiger partial charge is 0.356 e. The molecule has 0 spiro atoms. The number of carbonyl (C=O) groups is 1. The van der Waals surface area contributed by atoms with Gasteiger partial charge < -0.3 is 14.8 Å². The number of aliphatic hydroxyl groups excluding tert-OH is 1. The van der Waals surface area contributed by atoms with Gasteiger partial charge in [0.1, 0.15) is 17.9 Å². The average molecular weight is 276 g/mol. The van der Waals surface area contributed by atoms with Gasteiger partial charge in [0.05, 0.1) is 5.69 Å². The maximum Gasteiger partial charge on any atom is 0.356 e. The lowest BCUT2D eigenvalue weighted by Gasteiger charge is -2.23. The largest absolute Gasteiger partial charge is 0.476 e. The molecule has 0 saturated heterocycles. The highest BCUT2D eigenvalue weighted by Gasteiger charge is 2.28. The number of hydrogen-bond donors (Lipinski definition) is 2. The summed E-state index contributed by atoms with van der Waals surface area (Å²) in [6.07, 6.45) is 1.04. The molecule has 6 heteroatoms. The van der Waals surface area contributed by atoms with E-state index in [0.717, 1.165) is 6.42 Å². The summed E-state index contributed by atoms with van der Waals surface area (Å²) in [6, 6.07) is 5.62. The molecular weight excluding hydrogens is 263 g/mol. The summed E-state index contributed by atoms with van der Waals surface area (Å²) in [7, 11) is 0. The number of carboxylic acids is 1. The van der Waals surface area contributed by atoms with Gasteiger partial charge >= 0.3 is 5.97 Å². The first-order chi connectivity index (χ1) is 9.58. The van der Waals surface area contributed by atoms with Crippen molar-refractivity contribution >= 4 is 5.97 Å². The summed E-state index contributed by atoms with van der Waals surface area (Å²) in [5.41, 5.74) is 1.07. The molecule has 0 aliphatic carbocycles. The molecule has 2 heterocycles. The number of rotatable bonds is 2. The first-order valence-electron chi connectivity index (χ1n) is 6.36. The van der Waals surface area contributed by atoms with Gasteiger partial charge in [-0.25, -0.2) is 14.2 Å². The lowest BCUT2D eigenvalue weighted by Crippen LogP contribution is -2.19. The molecule has 1 aromatic heterocycles. The van der Waals surface area contributed by atoms with Crippen molar-refractivity contribution in [1.82, 2.24) is 9.55 Å². The lowest BCUT2D eigenvalue weighted by molar-refractivity contribution is 0.0678. The standard InChI is InChI=1S/C14H13FN2O3/c15-9-6-4-8(5-7-9)13-16-12(14(19)20)10-2-1-3-11(18)17(10)13/h4-7,11,18H,1-3H2,(H,19,20). The molecular formula is C14H13FN2O3. The van der Waals surface area contributed by atoms with Crippen LogP contribution in [0.2, 0.25) is 0 Å². The second-order valence-electron chi connectivity index (χ2n) is 4.79. The number of nitrogens with zero attached hydrogens (tertiary/aromatic N) is 2. The zero-order chi connectivity index (χ0) is 14.3. The number of aromatic nitrogens is 2. The van der Waals surface area contributed by atoms with E-state index in [1.807, 2.05) is 0 Å². The summed E-state index contributed by atoms with van der Waals surface area (Å²) >= 11 is 0. The van der Waals surface area contributed by atoms with E-state index in [1.165, 1.54) is 24.3 Å². The van der Waals surface area contributed by atoms with Crippen molar-refractivity contribution < 1.29 is 19.4 Å². The molecule has 1 unspecified atom stereocenters. The molecule has 0 fully saturated rings. The Morgan fingerprint density at radius 2 is 2.05 bits per heavy atom. The first kappa shape index (κ1) is 12.8. The van der Waals surface area contributed by atoms with Crippen LogP contribution in [0.3, 0.4) is 0 Å². The van der Waals surface area contributed by atoms with Gasteiger partial charge in [0.25, 0.3) is 0 Å². The number of imidazole rings is 1. The fourth-order valence-corrected chi connectivity index (χ4v) is 2.58. The Hall–Kier alpha value is -2.21. The van der Waals surface area contributed by atoms with Gasteiger partial charge in [-0.1, -0.05) is 0 Å². The Labute approximate surface area is 114 Å². The Morgan fingerprint density at radius 3 is 2.70 bits per heavy atom. The van der Waals surface area contributed by atoms with Crippen LogP contribution in [0.25, 0.3) is 11.4 Å². The van der Waals surface area contributed by atoms with Crippen LogP contribution in [0.4, 0.5) is 4.39 Å². The van der Waals surface area contributed by atoms with Crippen LogP contribution in [0, 0.1) is 5.82 Å². The van der Waals surface area contributed by atoms with Crippen LogP contribution in [0.5, 0.6) is 0 Å². The van der Waals surface area contributed by atoms with Gasteiger partial charge in [0.15, 0.2) is 5.69 Å². The highest BCUT2D eigenvalue weighted by Crippen LogP contribution is 2.32. The predicted octanol–water partition coefficient (Wildman–Crippen LogP) is 2.21. The third kappa shape index (κ3) is 1.98. The fourth-order valence-electron chi connectivity index (χ4n) is 2.58. The molecule has 0 amide bonds. The molecule has 1 aliphatic rings. The Kier molecular flexibility index (Phi) is 3.02.